The Bertz CT molecular complexity index is 854. The third kappa shape index (κ3) is 6.57. The molecule has 0 bridgehead atoms. The van der Waals surface area contributed by atoms with E-state index in [0.717, 1.165) is 6.26 Å². The summed E-state index contributed by atoms with van der Waals surface area (Å²) < 4.78 is 28.6. The van der Waals surface area contributed by atoms with Crippen LogP contribution in [0.4, 0.5) is 10.5 Å². The molecule has 0 fully saturated rings. The molecule has 8 heteroatoms. The highest BCUT2D eigenvalue weighted by Crippen LogP contribution is 2.18. The van der Waals surface area contributed by atoms with Crippen molar-refractivity contribution in [3.63, 3.8) is 0 Å². The van der Waals surface area contributed by atoms with E-state index in [4.69, 9.17) is 16.3 Å². The minimum absolute atomic E-state index is 0.132. The number of nitrogens with zero attached hydrogens (tertiary/aromatic N) is 1. The lowest BCUT2D eigenvalue weighted by atomic mass is 10.2. The van der Waals surface area contributed by atoms with E-state index in [9.17, 15) is 13.2 Å². The first kappa shape index (κ1) is 20.1. The van der Waals surface area contributed by atoms with E-state index in [2.05, 4.69) is 5.32 Å². The molecule has 1 N–H and O–H groups in total. The molecular formula is C18H21ClN2O4S. The van der Waals surface area contributed by atoms with Crippen LogP contribution in [-0.2, 0) is 15.6 Å². The molecule has 140 valence electrons. The number of para-hydroxylation sites is 1. The zero-order valence-corrected chi connectivity index (χ0v) is 16.2. The summed E-state index contributed by atoms with van der Waals surface area (Å²) in [5.74, 6) is 0.536. The van der Waals surface area contributed by atoms with Crippen molar-refractivity contribution in [2.45, 2.75) is 5.75 Å². The van der Waals surface area contributed by atoms with Gasteiger partial charge in [-0.2, -0.15) is 0 Å². The Hall–Kier alpha value is -2.25. The smallest absolute Gasteiger partial charge is 0.321 e. The standard InChI is InChI=1S/C18H21ClN2O4S/c1-21(11-12-25-16-9-7-15(19)8-10-16)18(22)20-17-6-4-3-5-14(17)13-26(2,23)24/h3-10H,11-13H2,1-2H3,(H,20,22). The van der Waals surface area contributed by atoms with Crippen LogP contribution < -0.4 is 10.1 Å². The number of urea groups is 1. The van der Waals surface area contributed by atoms with Crippen LogP contribution in [0, 0.1) is 0 Å². The quantitative estimate of drug-likeness (QED) is 0.777. The minimum Gasteiger partial charge on any atom is -0.492 e. The zero-order chi connectivity index (χ0) is 19.2. The number of likely N-dealkylation sites (N-methyl/N-ethyl adjacent to an activating group) is 1. The molecular weight excluding hydrogens is 376 g/mol. The van der Waals surface area contributed by atoms with Gasteiger partial charge in [0.05, 0.1) is 12.3 Å². The second-order valence-corrected chi connectivity index (χ2v) is 8.46. The molecule has 0 aliphatic rings. The molecule has 2 aromatic carbocycles. The fraction of sp³-hybridized carbons (Fsp3) is 0.278. The number of rotatable bonds is 7. The van der Waals surface area contributed by atoms with Crippen molar-refractivity contribution in [2.75, 3.05) is 31.8 Å². The van der Waals surface area contributed by atoms with Crippen molar-refractivity contribution < 1.29 is 17.9 Å². The Morgan fingerprint density at radius 3 is 2.46 bits per heavy atom. The van der Waals surface area contributed by atoms with E-state index < -0.39 is 9.84 Å². The van der Waals surface area contributed by atoms with Crippen molar-refractivity contribution in [1.29, 1.82) is 0 Å². The van der Waals surface area contributed by atoms with Gasteiger partial charge in [0.15, 0.2) is 9.84 Å². The molecule has 2 rings (SSSR count). The van der Waals surface area contributed by atoms with Crippen LogP contribution in [0.15, 0.2) is 48.5 Å². The summed E-state index contributed by atoms with van der Waals surface area (Å²) in [6.45, 7) is 0.680. The fourth-order valence-corrected chi connectivity index (χ4v) is 3.14. The molecule has 0 saturated heterocycles. The highest BCUT2D eigenvalue weighted by molar-refractivity contribution is 7.89. The SMILES string of the molecule is CN(CCOc1ccc(Cl)cc1)C(=O)Nc1ccccc1CS(C)(=O)=O. The minimum atomic E-state index is -3.20. The van der Waals surface area contributed by atoms with Gasteiger partial charge in [0.1, 0.15) is 12.4 Å². The number of sulfone groups is 1. The number of halogens is 1. The van der Waals surface area contributed by atoms with E-state index in [1.807, 2.05) is 0 Å². The van der Waals surface area contributed by atoms with Gasteiger partial charge >= 0.3 is 6.03 Å². The summed E-state index contributed by atoms with van der Waals surface area (Å²) in [6.07, 6.45) is 1.16. The molecule has 0 spiro atoms. The Morgan fingerprint density at radius 1 is 1.15 bits per heavy atom. The van der Waals surface area contributed by atoms with Gasteiger partial charge in [0.25, 0.3) is 0 Å². The summed E-state index contributed by atoms with van der Waals surface area (Å²) in [5, 5.41) is 3.37. The van der Waals surface area contributed by atoms with Crippen molar-refractivity contribution in [2.24, 2.45) is 0 Å². The molecule has 2 amide bonds. The summed E-state index contributed by atoms with van der Waals surface area (Å²) in [5.41, 5.74) is 1.03. The molecule has 2 aromatic rings. The van der Waals surface area contributed by atoms with E-state index in [0.29, 0.717) is 35.2 Å². The van der Waals surface area contributed by atoms with Gasteiger partial charge in [-0.3, -0.25) is 0 Å². The maximum absolute atomic E-state index is 12.3. The number of amides is 2. The van der Waals surface area contributed by atoms with Crippen LogP contribution in [-0.4, -0.2) is 45.8 Å². The summed E-state index contributed by atoms with van der Waals surface area (Å²) in [4.78, 5) is 13.8. The third-order valence-electron chi connectivity index (χ3n) is 3.53. The van der Waals surface area contributed by atoms with E-state index >= 15 is 0 Å². The predicted molar refractivity (Wildman–Crippen MR) is 104 cm³/mol. The van der Waals surface area contributed by atoms with Crippen LogP contribution in [0.25, 0.3) is 0 Å². The van der Waals surface area contributed by atoms with Gasteiger partial charge in [0, 0.05) is 24.0 Å². The molecule has 0 radical (unpaired) electrons. The maximum Gasteiger partial charge on any atom is 0.321 e. The number of nitrogens with one attached hydrogen (secondary N) is 1. The average molecular weight is 397 g/mol. The number of benzene rings is 2. The molecule has 0 atom stereocenters. The van der Waals surface area contributed by atoms with Gasteiger partial charge in [-0.1, -0.05) is 29.8 Å². The summed E-state index contributed by atoms with van der Waals surface area (Å²) in [7, 11) is -1.56. The van der Waals surface area contributed by atoms with Gasteiger partial charge in [-0.15, -0.1) is 0 Å². The highest BCUT2D eigenvalue weighted by atomic mass is 35.5. The van der Waals surface area contributed by atoms with Gasteiger partial charge in [-0.05, 0) is 35.9 Å². The fourth-order valence-electron chi connectivity index (χ4n) is 2.19. The molecule has 0 saturated carbocycles. The number of hydrogen-bond acceptors (Lipinski definition) is 4. The summed E-state index contributed by atoms with van der Waals surface area (Å²) in [6, 6.07) is 13.5. The second kappa shape index (κ2) is 8.91. The van der Waals surface area contributed by atoms with Gasteiger partial charge in [-0.25, -0.2) is 13.2 Å². The van der Waals surface area contributed by atoms with Crippen LogP contribution in [0.2, 0.25) is 5.02 Å². The largest absolute Gasteiger partial charge is 0.492 e. The van der Waals surface area contributed by atoms with Crippen molar-refractivity contribution >= 4 is 33.2 Å². The van der Waals surface area contributed by atoms with Crippen molar-refractivity contribution in [3.8, 4) is 5.75 Å². The van der Waals surface area contributed by atoms with Gasteiger partial charge in [0.2, 0.25) is 0 Å². The zero-order valence-electron chi connectivity index (χ0n) is 14.6. The normalized spacial score (nSPS) is 11.0. The molecule has 6 nitrogen and oxygen atoms in total. The highest BCUT2D eigenvalue weighted by Gasteiger charge is 2.13. The van der Waals surface area contributed by atoms with Crippen LogP contribution in [0.1, 0.15) is 5.56 Å². The maximum atomic E-state index is 12.3. The third-order valence-corrected chi connectivity index (χ3v) is 4.62. The van der Waals surface area contributed by atoms with Crippen molar-refractivity contribution in [3.05, 3.63) is 59.1 Å². The Balaban J connectivity index is 1.90. The van der Waals surface area contributed by atoms with Crippen LogP contribution >= 0.6 is 11.6 Å². The molecule has 0 unspecified atom stereocenters. The first-order chi connectivity index (χ1) is 12.2. The molecule has 0 aliphatic carbocycles. The van der Waals surface area contributed by atoms with Gasteiger partial charge < -0.3 is 15.0 Å². The Kier molecular flexibility index (Phi) is 6.88. The lowest BCUT2D eigenvalue weighted by molar-refractivity contribution is 0.207. The van der Waals surface area contributed by atoms with Crippen molar-refractivity contribution in [1.82, 2.24) is 4.90 Å². The first-order valence-corrected chi connectivity index (χ1v) is 10.3. The number of anilines is 1. The predicted octanol–water partition coefficient (Wildman–Crippen LogP) is 3.43. The number of carbonyl (C=O) groups is 1. The van der Waals surface area contributed by atoms with E-state index in [-0.39, 0.29) is 11.8 Å². The summed E-state index contributed by atoms with van der Waals surface area (Å²) >= 11 is 5.81. The Morgan fingerprint density at radius 2 is 1.81 bits per heavy atom. The number of hydrogen-bond donors (Lipinski definition) is 1. The average Bonchev–Trinajstić information content (AvgIpc) is 2.57. The number of carbonyl (C=O) groups excluding carboxylic acids is 1. The first-order valence-electron chi connectivity index (χ1n) is 7.91. The monoisotopic (exact) mass is 396 g/mol. The van der Waals surface area contributed by atoms with Crippen LogP contribution in [0.5, 0.6) is 5.75 Å². The second-order valence-electron chi connectivity index (χ2n) is 5.88. The Labute approximate surface area is 158 Å². The molecule has 26 heavy (non-hydrogen) atoms. The van der Waals surface area contributed by atoms with Crippen LogP contribution in [0.3, 0.4) is 0 Å². The molecule has 0 aliphatic heterocycles. The molecule has 0 heterocycles. The lowest BCUT2D eigenvalue weighted by Gasteiger charge is -2.19. The molecule has 0 aromatic heterocycles. The topological polar surface area (TPSA) is 75.7 Å². The lowest BCUT2D eigenvalue weighted by Crippen LogP contribution is -2.34. The number of ether oxygens (including phenoxy) is 1. The van der Waals surface area contributed by atoms with E-state index in [1.54, 1.807) is 55.6 Å². The van der Waals surface area contributed by atoms with E-state index in [1.165, 1.54) is 4.90 Å².